The number of nitrogens with two attached hydrogens (primary N) is 1. The molecule has 2 rings (SSSR count). The van der Waals surface area contributed by atoms with Crippen molar-refractivity contribution in [2.75, 3.05) is 0 Å². The van der Waals surface area contributed by atoms with Crippen molar-refractivity contribution < 1.29 is 13.2 Å². The lowest BCUT2D eigenvalue weighted by molar-refractivity contribution is -0.138. The number of alkyl halides is 3. The van der Waals surface area contributed by atoms with Crippen LogP contribution in [0.15, 0.2) is 24.3 Å². The topological polar surface area (TPSA) is 26.0 Å². The van der Waals surface area contributed by atoms with Gasteiger partial charge in [-0.1, -0.05) is 18.2 Å². The fraction of sp³-hybridized carbons (Fsp3) is 0.400. The number of hydrogen-bond acceptors (Lipinski definition) is 1. The van der Waals surface area contributed by atoms with Gasteiger partial charge in [0.1, 0.15) is 0 Å². The predicted molar refractivity (Wildman–Crippen MR) is 46.8 cm³/mol. The van der Waals surface area contributed by atoms with Gasteiger partial charge in [-0.3, -0.25) is 0 Å². The van der Waals surface area contributed by atoms with Crippen LogP contribution in [0.25, 0.3) is 0 Å². The first-order chi connectivity index (χ1) is 6.50. The van der Waals surface area contributed by atoms with Crippen molar-refractivity contribution in [1.29, 1.82) is 0 Å². The van der Waals surface area contributed by atoms with E-state index in [2.05, 4.69) is 0 Å². The summed E-state index contributed by atoms with van der Waals surface area (Å²) in [5.41, 5.74) is 5.34. The lowest BCUT2D eigenvalue weighted by atomic mass is 10.0. The molecule has 1 aromatic carbocycles. The second-order valence-electron chi connectivity index (χ2n) is 3.59. The van der Waals surface area contributed by atoms with Crippen LogP contribution >= 0.6 is 0 Å². The van der Waals surface area contributed by atoms with E-state index < -0.39 is 11.7 Å². The zero-order chi connectivity index (χ0) is 10.3. The van der Waals surface area contributed by atoms with Crippen molar-refractivity contribution >= 4 is 0 Å². The molecule has 1 nitrogen and oxygen atoms in total. The Bertz CT molecular complexity index is 345. The van der Waals surface area contributed by atoms with Gasteiger partial charge < -0.3 is 5.73 Å². The smallest absolute Gasteiger partial charge is 0.327 e. The highest BCUT2D eigenvalue weighted by Crippen LogP contribution is 2.44. The minimum atomic E-state index is -4.26. The number of halogens is 3. The van der Waals surface area contributed by atoms with E-state index in [9.17, 15) is 13.2 Å². The SMILES string of the molecule is N[C@@H]1CC1c1ccccc1C(F)(F)F. The van der Waals surface area contributed by atoms with Gasteiger partial charge in [0.05, 0.1) is 5.56 Å². The van der Waals surface area contributed by atoms with Gasteiger partial charge in [0.15, 0.2) is 0 Å². The Morgan fingerprint density at radius 3 is 2.29 bits per heavy atom. The fourth-order valence-electron chi connectivity index (χ4n) is 1.65. The first-order valence-corrected chi connectivity index (χ1v) is 4.42. The van der Waals surface area contributed by atoms with Crippen molar-refractivity contribution in [2.24, 2.45) is 5.73 Å². The van der Waals surface area contributed by atoms with Crippen molar-refractivity contribution in [2.45, 2.75) is 24.6 Å². The largest absolute Gasteiger partial charge is 0.416 e. The molecule has 14 heavy (non-hydrogen) atoms. The number of benzene rings is 1. The van der Waals surface area contributed by atoms with E-state index in [4.69, 9.17) is 5.73 Å². The van der Waals surface area contributed by atoms with Crippen molar-refractivity contribution in [3.63, 3.8) is 0 Å². The highest BCUT2D eigenvalue weighted by molar-refractivity contribution is 5.37. The quantitative estimate of drug-likeness (QED) is 0.742. The third-order valence-corrected chi connectivity index (χ3v) is 2.51. The Balaban J connectivity index is 2.39. The van der Waals surface area contributed by atoms with Crippen LogP contribution in [0.2, 0.25) is 0 Å². The van der Waals surface area contributed by atoms with Crippen LogP contribution in [0.3, 0.4) is 0 Å². The number of rotatable bonds is 1. The van der Waals surface area contributed by atoms with Crippen LogP contribution in [-0.4, -0.2) is 6.04 Å². The van der Waals surface area contributed by atoms with Gasteiger partial charge >= 0.3 is 6.18 Å². The maximum atomic E-state index is 12.5. The molecule has 0 heterocycles. The van der Waals surface area contributed by atoms with E-state index in [0.717, 1.165) is 6.07 Å². The molecule has 0 bridgehead atoms. The molecule has 0 saturated heterocycles. The van der Waals surface area contributed by atoms with Crippen molar-refractivity contribution in [3.05, 3.63) is 35.4 Å². The van der Waals surface area contributed by atoms with Crippen LogP contribution in [0.5, 0.6) is 0 Å². The van der Waals surface area contributed by atoms with Crippen LogP contribution in [0.1, 0.15) is 23.5 Å². The Morgan fingerprint density at radius 1 is 1.21 bits per heavy atom. The minimum absolute atomic E-state index is 0.0986. The van der Waals surface area contributed by atoms with E-state index in [1.807, 2.05) is 0 Å². The monoisotopic (exact) mass is 201 g/mol. The van der Waals surface area contributed by atoms with E-state index in [-0.39, 0.29) is 12.0 Å². The third kappa shape index (κ3) is 1.62. The molecule has 2 atom stereocenters. The summed E-state index contributed by atoms with van der Waals surface area (Å²) in [6.45, 7) is 0. The highest BCUT2D eigenvalue weighted by atomic mass is 19.4. The van der Waals surface area contributed by atoms with Crippen LogP contribution in [-0.2, 0) is 6.18 Å². The summed E-state index contributed by atoms with van der Waals surface area (Å²) in [5.74, 6) is -0.104. The molecule has 0 spiro atoms. The molecule has 1 fully saturated rings. The molecule has 0 radical (unpaired) electrons. The molecule has 1 unspecified atom stereocenters. The van der Waals surface area contributed by atoms with Crippen molar-refractivity contribution in [3.8, 4) is 0 Å². The summed E-state index contributed by atoms with van der Waals surface area (Å²) in [6.07, 6.45) is -3.61. The maximum Gasteiger partial charge on any atom is 0.416 e. The molecule has 1 aliphatic rings. The van der Waals surface area contributed by atoms with E-state index >= 15 is 0 Å². The van der Waals surface area contributed by atoms with E-state index in [0.29, 0.717) is 12.0 Å². The third-order valence-electron chi connectivity index (χ3n) is 2.51. The molecule has 4 heteroatoms. The summed E-state index contributed by atoms with van der Waals surface area (Å²) < 4.78 is 37.6. The zero-order valence-corrected chi connectivity index (χ0v) is 7.38. The fourth-order valence-corrected chi connectivity index (χ4v) is 1.65. The zero-order valence-electron chi connectivity index (χ0n) is 7.38. The normalized spacial score (nSPS) is 26.3. The second-order valence-corrected chi connectivity index (χ2v) is 3.59. The van der Waals surface area contributed by atoms with Crippen LogP contribution in [0.4, 0.5) is 13.2 Å². The molecule has 0 aromatic heterocycles. The molecule has 0 amide bonds. The summed E-state index contributed by atoms with van der Waals surface area (Å²) in [5, 5.41) is 0. The first-order valence-electron chi connectivity index (χ1n) is 4.42. The van der Waals surface area contributed by atoms with Gasteiger partial charge in [0.25, 0.3) is 0 Å². The van der Waals surface area contributed by atoms with E-state index in [1.54, 1.807) is 6.07 Å². The Morgan fingerprint density at radius 2 is 1.79 bits per heavy atom. The lowest BCUT2D eigenvalue weighted by Gasteiger charge is -2.11. The molecular weight excluding hydrogens is 191 g/mol. The summed E-state index contributed by atoms with van der Waals surface area (Å²) in [6, 6.07) is 5.55. The summed E-state index contributed by atoms with van der Waals surface area (Å²) >= 11 is 0. The molecule has 0 aliphatic heterocycles. The second kappa shape index (κ2) is 2.98. The molecular formula is C10H10F3N. The standard InChI is InChI=1S/C10H10F3N/c11-10(12,13)8-4-2-1-3-6(8)7-5-9(7)14/h1-4,7,9H,5,14H2/t7?,9-/m1/s1. The Kier molecular flexibility index (Phi) is 2.03. The Hall–Kier alpha value is -1.03. The van der Waals surface area contributed by atoms with Crippen LogP contribution in [0, 0.1) is 0 Å². The lowest BCUT2D eigenvalue weighted by Crippen LogP contribution is -2.10. The maximum absolute atomic E-state index is 12.5. The predicted octanol–water partition coefficient (Wildman–Crippen LogP) is 2.52. The van der Waals surface area contributed by atoms with Crippen molar-refractivity contribution in [1.82, 2.24) is 0 Å². The molecule has 1 aliphatic carbocycles. The Labute approximate surface area is 79.7 Å². The molecule has 1 aromatic rings. The minimum Gasteiger partial charge on any atom is -0.327 e. The molecule has 1 saturated carbocycles. The molecule has 76 valence electrons. The van der Waals surface area contributed by atoms with Gasteiger partial charge in [-0.05, 0) is 18.1 Å². The average molecular weight is 201 g/mol. The average Bonchev–Trinajstić information content (AvgIpc) is 2.81. The van der Waals surface area contributed by atoms with Crippen LogP contribution < -0.4 is 5.73 Å². The van der Waals surface area contributed by atoms with Gasteiger partial charge in [-0.2, -0.15) is 13.2 Å². The number of hydrogen-bond donors (Lipinski definition) is 1. The molecule has 2 N–H and O–H groups in total. The summed E-state index contributed by atoms with van der Waals surface area (Å²) in [7, 11) is 0. The highest BCUT2D eigenvalue weighted by Gasteiger charge is 2.42. The first kappa shape index (κ1) is 9.52. The van der Waals surface area contributed by atoms with Gasteiger partial charge in [-0.25, -0.2) is 0 Å². The van der Waals surface area contributed by atoms with Gasteiger partial charge in [0, 0.05) is 12.0 Å². The van der Waals surface area contributed by atoms with Gasteiger partial charge in [0.2, 0.25) is 0 Å². The summed E-state index contributed by atoms with van der Waals surface area (Å²) in [4.78, 5) is 0. The van der Waals surface area contributed by atoms with E-state index in [1.165, 1.54) is 12.1 Å². The van der Waals surface area contributed by atoms with Gasteiger partial charge in [-0.15, -0.1) is 0 Å².